The maximum Gasteiger partial charge on any atom is 0.435 e. The molecule has 1 heterocycles. The van der Waals surface area contributed by atoms with Gasteiger partial charge >= 0.3 is 6.18 Å². The molecule has 1 unspecified atom stereocenters. The highest BCUT2D eigenvalue weighted by Crippen LogP contribution is 2.41. The standard InChI is InChI=1S/C15H14F5N3O/c1-14(17)5-8(11-3-2-4-24-11)12(9(16)6-14)23-13(10(22)7-21)15(18,19)20/h2-4,6-7H,5,21-22H2,1H3. The van der Waals surface area contributed by atoms with Crippen LogP contribution in [0.15, 0.2) is 57.3 Å². The van der Waals surface area contributed by atoms with Crippen LogP contribution in [0.5, 0.6) is 0 Å². The topological polar surface area (TPSA) is 77.5 Å². The minimum Gasteiger partial charge on any atom is -0.465 e. The molecule has 2 rings (SSSR count). The zero-order valence-corrected chi connectivity index (χ0v) is 12.5. The van der Waals surface area contributed by atoms with Crippen LogP contribution >= 0.6 is 0 Å². The third kappa shape index (κ3) is 3.66. The summed E-state index contributed by atoms with van der Waals surface area (Å²) in [6.45, 7) is 1.09. The van der Waals surface area contributed by atoms with E-state index in [1.165, 1.54) is 18.4 Å². The highest BCUT2D eigenvalue weighted by Gasteiger charge is 2.40. The van der Waals surface area contributed by atoms with Crippen molar-refractivity contribution in [3.05, 3.63) is 53.7 Å². The maximum atomic E-state index is 14.3. The number of aliphatic imine (C=N–C) groups is 1. The summed E-state index contributed by atoms with van der Waals surface area (Å²) >= 11 is 0. The van der Waals surface area contributed by atoms with E-state index in [1.54, 1.807) is 0 Å². The molecule has 0 bridgehead atoms. The SMILES string of the molecule is CC1(F)C=C(F)C(N=C(C(N)=CN)C(F)(F)F)=C(c2ccco2)C1. The van der Waals surface area contributed by atoms with Crippen LogP contribution in [-0.4, -0.2) is 17.6 Å². The van der Waals surface area contributed by atoms with Crippen LogP contribution < -0.4 is 11.5 Å². The molecule has 0 amide bonds. The van der Waals surface area contributed by atoms with Gasteiger partial charge in [0.2, 0.25) is 0 Å². The Morgan fingerprint density at radius 2 is 2.08 bits per heavy atom. The first-order chi connectivity index (χ1) is 11.0. The van der Waals surface area contributed by atoms with E-state index in [-0.39, 0.29) is 11.3 Å². The molecule has 0 saturated heterocycles. The Hall–Kier alpha value is -2.58. The highest BCUT2D eigenvalue weighted by atomic mass is 19.4. The number of allylic oxidation sites excluding steroid dienone is 4. The van der Waals surface area contributed by atoms with Gasteiger partial charge in [-0.1, -0.05) is 0 Å². The molecule has 1 aromatic heterocycles. The molecule has 1 atom stereocenters. The first kappa shape index (κ1) is 17.8. The van der Waals surface area contributed by atoms with Gasteiger partial charge in [-0.3, -0.25) is 0 Å². The van der Waals surface area contributed by atoms with Crippen molar-refractivity contribution in [1.82, 2.24) is 0 Å². The Labute approximate surface area is 134 Å². The van der Waals surface area contributed by atoms with Crippen molar-refractivity contribution in [2.45, 2.75) is 25.2 Å². The van der Waals surface area contributed by atoms with Gasteiger partial charge < -0.3 is 15.9 Å². The molecule has 0 radical (unpaired) electrons. The van der Waals surface area contributed by atoms with Crippen molar-refractivity contribution in [3.63, 3.8) is 0 Å². The lowest BCUT2D eigenvalue weighted by Crippen LogP contribution is -2.30. The molecule has 4 nitrogen and oxygen atoms in total. The average Bonchev–Trinajstić information content (AvgIpc) is 2.96. The molecule has 9 heteroatoms. The Bertz CT molecular complexity index is 740. The fourth-order valence-electron chi connectivity index (χ4n) is 2.21. The number of nitrogens with zero attached hydrogens (tertiary/aromatic N) is 1. The number of alkyl halides is 4. The lowest BCUT2D eigenvalue weighted by Gasteiger charge is -2.24. The van der Waals surface area contributed by atoms with Crippen LogP contribution in [0.2, 0.25) is 0 Å². The van der Waals surface area contributed by atoms with Crippen molar-refractivity contribution < 1.29 is 26.4 Å². The summed E-state index contributed by atoms with van der Waals surface area (Å²) in [5, 5.41) is 0. The van der Waals surface area contributed by atoms with Crippen LogP contribution in [-0.2, 0) is 0 Å². The van der Waals surface area contributed by atoms with E-state index in [9.17, 15) is 22.0 Å². The van der Waals surface area contributed by atoms with Crippen molar-refractivity contribution >= 4 is 11.3 Å². The van der Waals surface area contributed by atoms with Gasteiger partial charge in [-0.15, -0.1) is 0 Å². The summed E-state index contributed by atoms with van der Waals surface area (Å²) in [7, 11) is 0. The Balaban J connectivity index is 2.70. The smallest absolute Gasteiger partial charge is 0.435 e. The molecule has 0 spiro atoms. The lowest BCUT2D eigenvalue weighted by atomic mass is 9.89. The zero-order chi connectivity index (χ0) is 18.1. The molecule has 0 aliphatic heterocycles. The van der Waals surface area contributed by atoms with Crippen LogP contribution in [0.25, 0.3) is 5.57 Å². The number of hydrogen-bond acceptors (Lipinski definition) is 4. The second-order valence-electron chi connectivity index (χ2n) is 5.33. The minimum absolute atomic E-state index is 0.0118. The third-order valence-corrected chi connectivity index (χ3v) is 3.23. The Morgan fingerprint density at radius 1 is 1.42 bits per heavy atom. The summed E-state index contributed by atoms with van der Waals surface area (Å²) in [5.74, 6) is -1.23. The van der Waals surface area contributed by atoms with Gasteiger partial charge in [-0.05, 0) is 25.1 Å². The normalized spacial score (nSPS) is 23.5. The van der Waals surface area contributed by atoms with Crippen molar-refractivity contribution in [2.75, 3.05) is 0 Å². The predicted octanol–water partition coefficient (Wildman–Crippen LogP) is 3.74. The fraction of sp³-hybridized carbons (Fsp3) is 0.267. The van der Waals surface area contributed by atoms with Crippen LogP contribution in [0, 0.1) is 0 Å². The number of furan rings is 1. The number of nitrogens with two attached hydrogens (primary N) is 2. The summed E-state index contributed by atoms with van der Waals surface area (Å²) < 4.78 is 72.8. The summed E-state index contributed by atoms with van der Waals surface area (Å²) in [5.41, 5.74) is 4.83. The van der Waals surface area contributed by atoms with Gasteiger partial charge in [0, 0.05) is 18.2 Å². The fourth-order valence-corrected chi connectivity index (χ4v) is 2.21. The number of rotatable bonds is 3. The van der Waals surface area contributed by atoms with Crippen molar-refractivity contribution in [3.8, 4) is 0 Å². The summed E-state index contributed by atoms with van der Waals surface area (Å²) in [6.07, 6.45) is -3.09. The van der Waals surface area contributed by atoms with Crippen LogP contribution in [0.4, 0.5) is 22.0 Å². The minimum atomic E-state index is -4.97. The molecule has 24 heavy (non-hydrogen) atoms. The average molecular weight is 347 g/mol. The number of halogens is 5. The van der Waals surface area contributed by atoms with E-state index in [0.29, 0.717) is 12.3 Å². The molecular formula is C15H14F5N3O. The predicted molar refractivity (Wildman–Crippen MR) is 78.9 cm³/mol. The Morgan fingerprint density at radius 3 is 2.58 bits per heavy atom. The van der Waals surface area contributed by atoms with Crippen LogP contribution in [0.3, 0.4) is 0 Å². The molecule has 130 valence electrons. The molecule has 1 aliphatic carbocycles. The van der Waals surface area contributed by atoms with E-state index in [1.807, 2.05) is 0 Å². The molecular weight excluding hydrogens is 333 g/mol. The highest BCUT2D eigenvalue weighted by molar-refractivity contribution is 6.04. The van der Waals surface area contributed by atoms with Gasteiger partial charge in [0.25, 0.3) is 0 Å². The first-order valence-electron chi connectivity index (χ1n) is 6.73. The second-order valence-corrected chi connectivity index (χ2v) is 5.33. The molecule has 4 N–H and O–H groups in total. The first-order valence-corrected chi connectivity index (χ1v) is 6.73. The molecule has 0 aromatic carbocycles. The summed E-state index contributed by atoms with van der Waals surface area (Å²) in [6, 6.07) is 2.81. The monoisotopic (exact) mass is 347 g/mol. The maximum absolute atomic E-state index is 14.3. The third-order valence-electron chi connectivity index (χ3n) is 3.23. The summed E-state index contributed by atoms with van der Waals surface area (Å²) in [4.78, 5) is 3.29. The molecule has 0 fully saturated rings. The van der Waals surface area contributed by atoms with Gasteiger partial charge in [-0.25, -0.2) is 13.8 Å². The quantitative estimate of drug-likeness (QED) is 0.646. The van der Waals surface area contributed by atoms with Gasteiger partial charge in [0.1, 0.15) is 23.0 Å². The van der Waals surface area contributed by atoms with Gasteiger partial charge in [0.05, 0.1) is 12.0 Å². The lowest BCUT2D eigenvalue weighted by molar-refractivity contribution is -0.0583. The van der Waals surface area contributed by atoms with E-state index < -0.39 is 41.2 Å². The van der Waals surface area contributed by atoms with Gasteiger partial charge in [0.15, 0.2) is 5.71 Å². The van der Waals surface area contributed by atoms with E-state index >= 15 is 0 Å². The molecule has 0 saturated carbocycles. The second kappa shape index (κ2) is 6.14. The molecule has 1 aromatic rings. The largest absolute Gasteiger partial charge is 0.465 e. The van der Waals surface area contributed by atoms with Crippen molar-refractivity contribution in [2.24, 2.45) is 16.5 Å². The number of hydrogen-bond donors (Lipinski definition) is 2. The van der Waals surface area contributed by atoms with Crippen LogP contribution in [0.1, 0.15) is 19.1 Å². The van der Waals surface area contributed by atoms with Crippen molar-refractivity contribution in [1.29, 1.82) is 0 Å². The zero-order valence-electron chi connectivity index (χ0n) is 12.5. The van der Waals surface area contributed by atoms with E-state index in [2.05, 4.69) is 4.99 Å². The van der Waals surface area contributed by atoms with E-state index in [0.717, 1.165) is 6.92 Å². The van der Waals surface area contributed by atoms with E-state index in [4.69, 9.17) is 15.9 Å². The Kier molecular flexibility index (Phi) is 4.54. The van der Waals surface area contributed by atoms with Gasteiger partial charge in [-0.2, -0.15) is 13.2 Å². The molecule has 1 aliphatic rings.